The summed E-state index contributed by atoms with van der Waals surface area (Å²) in [5, 5.41) is 0. The summed E-state index contributed by atoms with van der Waals surface area (Å²) in [6, 6.07) is 13.1. The van der Waals surface area contributed by atoms with E-state index in [9.17, 15) is 9.59 Å². The van der Waals surface area contributed by atoms with Gasteiger partial charge in [-0.3, -0.25) is 9.78 Å². The van der Waals surface area contributed by atoms with Gasteiger partial charge in [-0.15, -0.1) is 0 Å². The number of ether oxygens (including phenoxy) is 5. The predicted molar refractivity (Wildman–Crippen MR) is 172 cm³/mol. The SMILES string of the molecule is COc1ccc(CCCN(CCCc2cccnc2)C(=O)OC[C@@H]2CCCN2C(=O)C(F)(F)c2cc(OC)c(OC)c(OC)c2)cc1. The molecule has 1 saturated heterocycles. The van der Waals surface area contributed by atoms with Gasteiger partial charge in [0.2, 0.25) is 5.75 Å². The molecule has 12 heteroatoms. The van der Waals surface area contributed by atoms with Crippen molar-refractivity contribution in [3.05, 3.63) is 77.6 Å². The van der Waals surface area contributed by atoms with Crippen LogP contribution in [0.25, 0.3) is 0 Å². The summed E-state index contributed by atoms with van der Waals surface area (Å²) < 4.78 is 58.0. The third-order valence-electron chi connectivity index (χ3n) is 8.26. The number of benzene rings is 2. The van der Waals surface area contributed by atoms with Gasteiger partial charge in [-0.05, 0) is 80.0 Å². The van der Waals surface area contributed by atoms with E-state index in [2.05, 4.69) is 4.98 Å². The number of hydrogen-bond donors (Lipinski definition) is 0. The van der Waals surface area contributed by atoms with Crippen LogP contribution in [0.2, 0.25) is 0 Å². The molecule has 0 spiro atoms. The van der Waals surface area contributed by atoms with Gasteiger partial charge in [-0.2, -0.15) is 8.78 Å². The Morgan fingerprint density at radius 2 is 1.57 bits per heavy atom. The Morgan fingerprint density at radius 3 is 2.15 bits per heavy atom. The number of hydrogen-bond acceptors (Lipinski definition) is 8. The summed E-state index contributed by atoms with van der Waals surface area (Å²) in [7, 11) is 5.61. The number of methoxy groups -OCH3 is 4. The zero-order chi connectivity index (χ0) is 33.8. The summed E-state index contributed by atoms with van der Waals surface area (Å²) in [4.78, 5) is 33.5. The van der Waals surface area contributed by atoms with Crippen LogP contribution >= 0.6 is 0 Å². The van der Waals surface area contributed by atoms with Crippen molar-refractivity contribution >= 4 is 12.0 Å². The molecular weight excluding hydrogens is 612 g/mol. The lowest BCUT2D eigenvalue weighted by molar-refractivity contribution is -0.160. The molecule has 1 aromatic heterocycles. The van der Waals surface area contributed by atoms with Gasteiger partial charge in [-0.25, -0.2) is 4.79 Å². The van der Waals surface area contributed by atoms with E-state index in [0.29, 0.717) is 38.8 Å². The Morgan fingerprint density at radius 1 is 0.915 bits per heavy atom. The quantitative estimate of drug-likeness (QED) is 0.188. The van der Waals surface area contributed by atoms with E-state index in [0.717, 1.165) is 46.8 Å². The Hall–Kier alpha value is -4.61. The number of carbonyl (C=O) groups is 2. The molecule has 0 N–H and O–H groups in total. The minimum absolute atomic E-state index is 0.0110. The molecule has 0 unspecified atom stereocenters. The van der Waals surface area contributed by atoms with Crippen molar-refractivity contribution in [3.8, 4) is 23.0 Å². The van der Waals surface area contributed by atoms with Crippen LogP contribution in [-0.4, -0.2) is 87.5 Å². The largest absolute Gasteiger partial charge is 0.497 e. The fourth-order valence-corrected chi connectivity index (χ4v) is 5.68. The fourth-order valence-electron chi connectivity index (χ4n) is 5.68. The summed E-state index contributed by atoms with van der Waals surface area (Å²) in [6.45, 7) is 0.832. The molecule has 1 atom stereocenters. The first-order valence-corrected chi connectivity index (χ1v) is 15.6. The molecule has 2 amide bonds. The van der Waals surface area contributed by atoms with Crippen LogP contribution < -0.4 is 18.9 Å². The fraction of sp³-hybridized carbons (Fsp3) is 0.457. The zero-order valence-electron chi connectivity index (χ0n) is 27.4. The number of carbonyl (C=O) groups excluding carboxylic acids is 2. The van der Waals surface area contributed by atoms with Crippen molar-refractivity contribution in [3.63, 3.8) is 0 Å². The van der Waals surface area contributed by atoms with Crippen LogP contribution in [0.5, 0.6) is 23.0 Å². The highest BCUT2D eigenvalue weighted by molar-refractivity contribution is 5.86. The number of alkyl halides is 2. The second-order valence-electron chi connectivity index (χ2n) is 11.3. The average Bonchev–Trinajstić information content (AvgIpc) is 3.58. The van der Waals surface area contributed by atoms with E-state index in [4.69, 9.17) is 23.7 Å². The Kier molecular flexibility index (Phi) is 12.6. The number of likely N-dealkylation sites (tertiary alicyclic amines) is 1. The maximum absolute atomic E-state index is 15.7. The molecule has 1 aliphatic rings. The lowest BCUT2D eigenvalue weighted by Gasteiger charge is -2.30. The van der Waals surface area contributed by atoms with Gasteiger partial charge in [-0.1, -0.05) is 18.2 Å². The maximum atomic E-state index is 15.7. The predicted octanol–water partition coefficient (Wildman–Crippen LogP) is 5.90. The van der Waals surface area contributed by atoms with Crippen molar-refractivity contribution < 1.29 is 42.1 Å². The number of amides is 2. The highest BCUT2D eigenvalue weighted by atomic mass is 19.3. The molecule has 0 radical (unpaired) electrons. The molecule has 4 rings (SSSR count). The number of nitrogens with zero attached hydrogens (tertiary/aromatic N) is 3. The van der Waals surface area contributed by atoms with Crippen LogP contribution in [0.4, 0.5) is 13.6 Å². The number of rotatable bonds is 16. The molecule has 0 aliphatic carbocycles. The summed E-state index contributed by atoms with van der Waals surface area (Å²) in [5.41, 5.74) is 1.59. The molecule has 254 valence electrons. The zero-order valence-corrected chi connectivity index (χ0v) is 27.4. The highest BCUT2D eigenvalue weighted by Gasteiger charge is 2.48. The first-order valence-electron chi connectivity index (χ1n) is 15.6. The number of aryl methyl sites for hydroxylation is 2. The standard InChI is InChI=1S/C35H43F2N3O7/c1-43-29-15-13-25(14-16-29)10-6-18-39(19-7-11-26-9-5-17-38-23-26)34(42)47-24-28-12-8-20-40(28)33(41)35(36,37)27-21-30(44-2)32(46-4)31(22-27)45-3/h5,9,13-17,21-23,28H,6-8,10-12,18-20,24H2,1-4H3/t28-/m0/s1. The third kappa shape index (κ3) is 9.02. The van der Waals surface area contributed by atoms with E-state index in [1.807, 2.05) is 36.4 Å². The van der Waals surface area contributed by atoms with Crippen LogP contribution in [0.1, 0.15) is 42.4 Å². The van der Waals surface area contributed by atoms with Gasteiger partial charge >= 0.3 is 12.0 Å². The van der Waals surface area contributed by atoms with Crippen LogP contribution in [-0.2, 0) is 28.3 Å². The van der Waals surface area contributed by atoms with Crippen molar-refractivity contribution in [2.75, 3.05) is 54.7 Å². The average molecular weight is 656 g/mol. The number of aromatic nitrogens is 1. The third-order valence-corrected chi connectivity index (χ3v) is 8.26. The minimum Gasteiger partial charge on any atom is -0.497 e. The topological polar surface area (TPSA) is 99.7 Å². The van der Waals surface area contributed by atoms with E-state index < -0.39 is 29.5 Å². The molecule has 1 fully saturated rings. The molecule has 1 aliphatic heterocycles. The molecule has 2 aromatic carbocycles. The number of pyridine rings is 1. The molecule has 2 heterocycles. The van der Waals surface area contributed by atoms with E-state index in [-0.39, 0.29) is 30.4 Å². The second kappa shape index (κ2) is 16.8. The Balaban J connectivity index is 1.40. The lowest BCUT2D eigenvalue weighted by Crippen LogP contribution is -2.47. The maximum Gasteiger partial charge on any atom is 0.409 e. The minimum atomic E-state index is -3.89. The van der Waals surface area contributed by atoms with Gasteiger partial charge in [0, 0.05) is 37.6 Å². The van der Waals surface area contributed by atoms with E-state index in [1.54, 1.807) is 24.4 Å². The Bertz CT molecular complexity index is 1430. The number of halogens is 2. The van der Waals surface area contributed by atoms with Crippen molar-refractivity contribution in [1.29, 1.82) is 0 Å². The van der Waals surface area contributed by atoms with Crippen molar-refractivity contribution in [2.24, 2.45) is 0 Å². The van der Waals surface area contributed by atoms with Gasteiger partial charge < -0.3 is 33.5 Å². The molecular formula is C35H43F2N3O7. The highest BCUT2D eigenvalue weighted by Crippen LogP contribution is 2.43. The van der Waals surface area contributed by atoms with Crippen LogP contribution in [0, 0.1) is 0 Å². The van der Waals surface area contributed by atoms with Gasteiger partial charge in [0.15, 0.2) is 11.5 Å². The summed E-state index contributed by atoms with van der Waals surface area (Å²) in [5.74, 6) is -4.33. The van der Waals surface area contributed by atoms with Crippen molar-refractivity contribution in [2.45, 2.75) is 50.5 Å². The van der Waals surface area contributed by atoms with Gasteiger partial charge in [0.1, 0.15) is 12.4 Å². The first kappa shape index (κ1) is 35.2. The van der Waals surface area contributed by atoms with Crippen LogP contribution in [0.15, 0.2) is 60.9 Å². The lowest BCUT2D eigenvalue weighted by atomic mass is 10.0. The Labute approximate surface area is 274 Å². The first-order chi connectivity index (χ1) is 22.7. The van der Waals surface area contributed by atoms with E-state index >= 15 is 8.78 Å². The molecule has 3 aromatic rings. The molecule has 10 nitrogen and oxygen atoms in total. The normalized spacial score (nSPS) is 14.4. The monoisotopic (exact) mass is 655 g/mol. The smallest absolute Gasteiger partial charge is 0.409 e. The molecule has 0 bridgehead atoms. The molecule has 47 heavy (non-hydrogen) atoms. The van der Waals surface area contributed by atoms with Gasteiger partial charge in [0.25, 0.3) is 5.91 Å². The van der Waals surface area contributed by atoms with Crippen LogP contribution in [0.3, 0.4) is 0 Å². The molecule has 0 saturated carbocycles. The van der Waals surface area contributed by atoms with Gasteiger partial charge in [0.05, 0.1) is 34.5 Å². The second-order valence-corrected chi connectivity index (χ2v) is 11.3. The summed E-state index contributed by atoms with van der Waals surface area (Å²) in [6.07, 6.45) is 6.78. The van der Waals surface area contributed by atoms with E-state index in [1.165, 1.54) is 21.3 Å². The summed E-state index contributed by atoms with van der Waals surface area (Å²) >= 11 is 0. The van der Waals surface area contributed by atoms with Crippen molar-refractivity contribution in [1.82, 2.24) is 14.8 Å².